The van der Waals surface area contributed by atoms with Crippen LogP contribution in [0.5, 0.6) is 0 Å². The first kappa shape index (κ1) is 11.2. The summed E-state index contributed by atoms with van der Waals surface area (Å²) in [6, 6.07) is 2.96. The van der Waals surface area contributed by atoms with Gasteiger partial charge >= 0.3 is 0 Å². The van der Waals surface area contributed by atoms with Crippen LogP contribution in [0.2, 0.25) is 0 Å². The highest BCUT2D eigenvalue weighted by Crippen LogP contribution is 2.29. The van der Waals surface area contributed by atoms with Crippen molar-refractivity contribution in [3.63, 3.8) is 0 Å². The molecule has 0 saturated carbocycles. The van der Waals surface area contributed by atoms with Crippen LogP contribution in [-0.4, -0.2) is 30.6 Å². The van der Waals surface area contributed by atoms with Gasteiger partial charge in [0.2, 0.25) is 0 Å². The fraction of sp³-hybridized carbons (Fsp3) is 0.667. The molecule has 2 atom stereocenters. The highest BCUT2D eigenvalue weighted by molar-refractivity contribution is 9.10. The van der Waals surface area contributed by atoms with Crippen molar-refractivity contribution in [2.45, 2.75) is 25.4 Å². The summed E-state index contributed by atoms with van der Waals surface area (Å²) >= 11 is 5.49. The number of hydrogen-bond donors (Lipinski definition) is 1. The van der Waals surface area contributed by atoms with Crippen molar-refractivity contribution in [2.24, 2.45) is 5.92 Å². The summed E-state index contributed by atoms with van der Waals surface area (Å²) in [6.07, 6.45) is 2.69. The first-order valence-electron chi connectivity index (χ1n) is 6.00. The quantitative estimate of drug-likeness (QED) is 0.903. The van der Waals surface area contributed by atoms with Crippen molar-refractivity contribution in [3.05, 3.63) is 20.8 Å². The third kappa shape index (κ3) is 2.21. The zero-order valence-corrected chi connectivity index (χ0v) is 11.7. The van der Waals surface area contributed by atoms with Crippen LogP contribution < -0.4 is 5.32 Å². The third-order valence-electron chi connectivity index (χ3n) is 3.80. The van der Waals surface area contributed by atoms with Crippen molar-refractivity contribution in [2.75, 3.05) is 19.6 Å². The van der Waals surface area contributed by atoms with E-state index in [0.717, 1.165) is 18.5 Å². The number of halogens is 1. The maximum absolute atomic E-state index is 3.62. The van der Waals surface area contributed by atoms with Crippen LogP contribution in [0.15, 0.2) is 15.9 Å². The Morgan fingerprint density at radius 1 is 1.50 bits per heavy atom. The van der Waals surface area contributed by atoms with Gasteiger partial charge in [0.05, 0.1) is 0 Å². The molecule has 2 fully saturated rings. The van der Waals surface area contributed by atoms with E-state index in [2.05, 4.69) is 37.6 Å². The van der Waals surface area contributed by atoms with Crippen LogP contribution >= 0.6 is 27.3 Å². The second kappa shape index (κ2) is 4.77. The summed E-state index contributed by atoms with van der Waals surface area (Å²) in [4.78, 5) is 4.09. The van der Waals surface area contributed by atoms with Crippen LogP contribution in [0, 0.1) is 5.92 Å². The summed E-state index contributed by atoms with van der Waals surface area (Å²) in [5, 5.41) is 5.79. The SMILES string of the molecule is Brc1ccsc1CN1CCC2NCCC2C1. The van der Waals surface area contributed by atoms with Crippen molar-refractivity contribution >= 4 is 27.3 Å². The van der Waals surface area contributed by atoms with Crippen LogP contribution in [0.3, 0.4) is 0 Å². The molecule has 0 bridgehead atoms. The Morgan fingerprint density at radius 3 is 3.25 bits per heavy atom. The molecular weight excluding hydrogens is 284 g/mol. The lowest BCUT2D eigenvalue weighted by Crippen LogP contribution is -2.43. The number of likely N-dealkylation sites (tertiary alicyclic amines) is 1. The fourth-order valence-electron chi connectivity index (χ4n) is 2.91. The summed E-state index contributed by atoms with van der Waals surface area (Å²) in [7, 11) is 0. The molecule has 2 unspecified atom stereocenters. The Labute approximate surface area is 109 Å². The predicted octanol–water partition coefficient (Wildman–Crippen LogP) is 2.69. The van der Waals surface area contributed by atoms with Crippen molar-refractivity contribution in [3.8, 4) is 0 Å². The summed E-state index contributed by atoms with van der Waals surface area (Å²) in [6.45, 7) is 4.88. The standard InChI is InChI=1S/C12H17BrN2S/c13-10-3-6-16-12(10)8-15-5-2-11-9(7-15)1-4-14-11/h3,6,9,11,14H,1-2,4-5,7-8H2. The van der Waals surface area contributed by atoms with Crippen molar-refractivity contribution in [1.82, 2.24) is 10.2 Å². The molecule has 3 heterocycles. The molecule has 1 aromatic rings. The number of fused-ring (bicyclic) bond motifs is 1. The number of nitrogens with one attached hydrogen (secondary N) is 1. The minimum absolute atomic E-state index is 0.808. The minimum Gasteiger partial charge on any atom is -0.314 e. The number of thiophene rings is 1. The van der Waals surface area contributed by atoms with Gasteiger partial charge in [-0.05, 0) is 52.7 Å². The van der Waals surface area contributed by atoms with Gasteiger partial charge in [0.1, 0.15) is 0 Å². The normalized spacial score (nSPS) is 30.6. The Bertz CT molecular complexity index is 366. The van der Waals surface area contributed by atoms with E-state index in [4.69, 9.17) is 0 Å². The number of rotatable bonds is 2. The average Bonchev–Trinajstić information content (AvgIpc) is 2.88. The first-order chi connectivity index (χ1) is 7.83. The fourth-order valence-corrected chi connectivity index (χ4v) is 4.43. The monoisotopic (exact) mass is 300 g/mol. The van der Waals surface area contributed by atoms with E-state index < -0.39 is 0 Å². The molecule has 0 spiro atoms. The Balaban J connectivity index is 1.62. The van der Waals surface area contributed by atoms with Crippen LogP contribution in [0.4, 0.5) is 0 Å². The zero-order chi connectivity index (χ0) is 11.0. The van der Waals surface area contributed by atoms with Gasteiger partial charge in [0.15, 0.2) is 0 Å². The van der Waals surface area contributed by atoms with Gasteiger partial charge in [-0.2, -0.15) is 0 Å². The van der Waals surface area contributed by atoms with Crippen molar-refractivity contribution < 1.29 is 0 Å². The van der Waals surface area contributed by atoms with Gasteiger partial charge in [-0.3, -0.25) is 4.90 Å². The second-order valence-corrected chi connectivity index (χ2v) is 6.68. The van der Waals surface area contributed by atoms with Gasteiger partial charge in [0.25, 0.3) is 0 Å². The van der Waals surface area contributed by atoms with Crippen LogP contribution in [0.1, 0.15) is 17.7 Å². The lowest BCUT2D eigenvalue weighted by Gasteiger charge is -2.34. The zero-order valence-electron chi connectivity index (χ0n) is 9.29. The molecule has 2 saturated heterocycles. The van der Waals surface area contributed by atoms with Gasteiger partial charge in [-0.15, -0.1) is 11.3 Å². The number of piperidine rings is 1. The molecule has 2 aliphatic rings. The third-order valence-corrected chi connectivity index (χ3v) is 5.71. The van der Waals surface area contributed by atoms with E-state index in [9.17, 15) is 0 Å². The molecule has 4 heteroatoms. The van der Waals surface area contributed by atoms with Gasteiger partial charge < -0.3 is 5.32 Å². The highest BCUT2D eigenvalue weighted by Gasteiger charge is 2.32. The Kier molecular flexibility index (Phi) is 3.34. The lowest BCUT2D eigenvalue weighted by atomic mass is 9.93. The number of hydrogen-bond acceptors (Lipinski definition) is 3. The molecular formula is C12H17BrN2S. The maximum atomic E-state index is 3.62. The molecule has 1 N–H and O–H groups in total. The Morgan fingerprint density at radius 2 is 2.44 bits per heavy atom. The van der Waals surface area contributed by atoms with Crippen LogP contribution in [-0.2, 0) is 6.54 Å². The number of nitrogens with zero attached hydrogens (tertiary/aromatic N) is 1. The van der Waals surface area contributed by atoms with Gasteiger partial charge in [-0.1, -0.05) is 0 Å². The molecule has 88 valence electrons. The van der Waals surface area contributed by atoms with E-state index in [1.54, 1.807) is 0 Å². The highest BCUT2D eigenvalue weighted by atomic mass is 79.9. The largest absolute Gasteiger partial charge is 0.314 e. The topological polar surface area (TPSA) is 15.3 Å². The molecule has 1 aromatic heterocycles. The Hall–Kier alpha value is 0.1000. The molecule has 0 aromatic carbocycles. The predicted molar refractivity (Wildman–Crippen MR) is 71.8 cm³/mol. The summed E-state index contributed by atoms with van der Waals surface area (Å²) in [5.41, 5.74) is 0. The maximum Gasteiger partial charge on any atom is 0.0339 e. The summed E-state index contributed by atoms with van der Waals surface area (Å²) < 4.78 is 1.28. The molecule has 0 aliphatic carbocycles. The molecule has 0 radical (unpaired) electrons. The van der Waals surface area contributed by atoms with Gasteiger partial charge in [-0.25, -0.2) is 0 Å². The average molecular weight is 301 g/mol. The van der Waals surface area contributed by atoms with E-state index in [1.807, 2.05) is 11.3 Å². The lowest BCUT2D eigenvalue weighted by molar-refractivity contribution is 0.157. The van der Waals surface area contributed by atoms with E-state index in [0.29, 0.717) is 0 Å². The second-order valence-electron chi connectivity index (χ2n) is 4.82. The van der Waals surface area contributed by atoms with Gasteiger partial charge in [0, 0.05) is 35.0 Å². The van der Waals surface area contributed by atoms with Crippen molar-refractivity contribution in [1.29, 1.82) is 0 Å². The molecule has 2 aliphatic heterocycles. The minimum atomic E-state index is 0.808. The first-order valence-corrected chi connectivity index (χ1v) is 7.68. The smallest absolute Gasteiger partial charge is 0.0339 e. The molecule has 3 rings (SSSR count). The van der Waals surface area contributed by atoms with E-state index >= 15 is 0 Å². The van der Waals surface area contributed by atoms with Crippen LogP contribution in [0.25, 0.3) is 0 Å². The van der Waals surface area contributed by atoms with E-state index in [1.165, 1.54) is 41.8 Å². The molecule has 2 nitrogen and oxygen atoms in total. The summed E-state index contributed by atoms with van der Waals surface area (Å²) in [5.74, 6) is 0.896. The molecule has 16 heavy (non-hydrogen) atoms. The molecule has 0 amide bonds. The van der Waals surface area contributed by atoms with E-state index in [-0.39, 0.29) is 0 Å².